The summed E-state index contributed by atoms with van der Waals surface area (Å²) in [7, 11) is 0. The Bertz CT molecular complexity index is 1180. The van der Waals surface area contributed by atoms with Gasteiger partial charge in [-0.1, -0.05) is 83.7 Å². The molecule has 3 aromatic carbocycles. The second kappa shape index (κ2) is 11.2. The van der Waals surface area contributed by atoms with Gasteiger partial charge < -0.3 is 10.0 Å². The Morgan fingerprint density at radius 2 is 1.59 bits per heavy atom. The standard InChI is InChI=1S/C29H27Cl2NO2/c30-26-13-12-23(21-27(26)31)25(28(33)14-11-22-7-3-1-4-8-22)15-18-32-19-16-29(34,17-20-32)24-9-5-2-6-10-24/h1-10,12-13,21,25,34H,15-20H2. The van der Waals surface area contributed by atoms with Gasteiger partial charge in [0.05, 0.1) is 21.6 Å². The van der Waals surface area contributed by atoms with E-state index in [0.717, 1.165) is 36.3 Å². The predicted octanol–water partition coefficient (Wildman–Crippen LogP) is 6.07. The van der Waals surface area contributed by atoms with E-state index in [2.05, 4.69) is 16.7 Å². The maximum atomic E-state index is 13.2. The molecule has 1 aliphatic heterocycles. The lowest BCUT2D eigenvalue weighted by molar-refractivity contribution is -0.115. The lowest BCUT2D eigenvalue weighted by atomic mass is 9.84. The van der Waals surface area contributed by atoms with E-state index < -0.39 is 11.5 Å². The molecule has 1 saturated heterocycles. The Kier molecular flexibility index (Phi) is 8.08. The highest BCUT2D eigenvalue weighted by Gasteiger charge is 2.34. The number of rotatable bonds is 6. The van der Waals surface area contributed by atoms with Crippen molar-refractivity contribution in [3.05, 3.63) is 106 Å². The van der Waals surface area contributed by atoms with Crippen LogP contribution < -0.4 is 0 Å². The molecule has 0 bridgehead atoms. The zero-order valence-corrected chi connectivity index (χ0v) is 20.4. The summed E-state index contributed by atoms with van der Waals surface area (Å²) in [6.45, 7) is 2.27. The first-order valence-electron chi connectivity index (χ1n) is 11.5. The topological polar surface area (TPSA) is 40.5 Å². The zero-order chi connectivity index (χ0) is 24.0. The first kappa shape index (κ1) is 24.5. The molecule has 0 saturated carbocycles. The molecule has 174 valence electrons. The third kappa shape index (κ3) is 6.09. The molecule has 0 aromatic heterocycles. The van der Waals surface area contributed by atoms with Crippen LogP contribution in [-0.2, 0) is 10.4 Å². The monoisotopic (exact) mass is 491 g/mol. The van der Waals surface area contributed by atoms with Crippen LogP contribution in [0.15, 0.2) is 78.9 Å². The smallest absolute Gasteiger partial charge is 0.213 e. The minimum atomic E-state index is -0.794. The van der Waals surface area contributed by atoms with Gasteiger partial charge in [-0.2, -0.15) is 0 Å². The Balaban J connectivity index is 1.45. The lowest BCUT2D eigenvalue weighted by Crippen LogP contribution is -2.43. The zero-order valence-electron chi connectivity index (χ0n) is 18.9. The molecule has 0 spiro atoms. The first-order chi connectivity index (χ1) is 16.4. The van der Waals surface area contributed by atoms with Crippen molar-refractivity contribution in [1.29, 1.82) is 0 Å². The molecule has 1 atom stereocenters. The summed E-state index contributed by atoms with van der Waals surface area (Å²) < 4.78 is 0. The van der Waals surface area contributed by atoms with Crippen LogP contribution in [0.5, 0.6) is 0 Å². The number of aliphatic hydroxyl groups is 1. The van der Waals surface area contributed by atoms with Gasteiger partial charge in [0, 0.05) is 18.7 Å². The van der Waals surface area contributed by atoms with Crippen LogP contribution in [-0.4, -0.2) is 35.4 Å². The van der Waals surface area contributed by atoms with E-state index in [0.29, 0.717) is 29.3 Å². The highest BCUT2D eigenvalue weighted by molar-refractivity contribution is 6.42. The largest absolute Gasteiger partial charge is 0.385 e. The lowest BCUT2D eigenvalue weighted by Gasteiger charge is -2.39. The van der Waals surface area contributed by atoms with Crippen LogP contribution in [0.2, 0.25) is 10.0 Å². The number of benzene rings is 3. The van der Waals surface area contributed by atoms with Gasteiger partial charge in [0.15, 0.2) is 0 Å². The fourth-order valence-corrected chi connectivity index (χ4v) is 4.72. The normalized spacial score (nSPS) is 16.3. The van der Waals surface area contributed by atoms with Gasteiger partial charge >= 0.3 is 0 Å². The van der Waals surface area contributed by atoms with Crippen LogP contribution in [0.3, 0.4) is 0 Å². The molecular weight excluding hydrogens is 465 g/mol. The molecule has 1 fully saturated rings. The predicted molar refractivity (Wildman–Crippen MR) is 138 cm³/mol. The number of carbonyl (C=O) groups is 1. The van der Waals surface area contributed by atoms with Crippen molar-refractivity contribution in [2.75, 3.05) is 19.6 Å². The molecule has 5 heteroatoms. The van der Waals surface area contributed by atoms with E-state index in [9.17, 15) is 9.90 Å². The van der Waals surface area contributed by atoms with Crippen molar-refractivity contribution < 1.29 is 9.90 Å². The number of Topliss-reactive ketones (excluding diaryl/α,β-unsaturated/α-hetero) is 1. The van der Waals surface area contributed by atoms with E-state index in [-0.39, 0.29) is 5.78 Å². The number of carbonyl (C=O) groups excluding carboxylic acids is 1. The molecule has 0 amide bonds. The molecular formula is C29H27Cl2NO2. The summed E-state index contributed by atoms with van der Waals surface area (Å²) in [5.41, 5.74) is 1.80. The summed E-state index contributed by atoms with van der Waals surface area (Å²) in [6.07, 6.45) is 1.94. The fraction of sp³-hybridized carbons (Fsp3) is 0.276. The van der Waals surface area contributed by atoms with E-state index in [4.69, 9.17) is 23.2 Å². The van der Waals surface area contributed by atoms with Crippen molar-refractivity contribution in [2.45, 2.75) is 30.8 Å². The summed E-state index contributed by atoms with van der Waals surface area (Å²) >= 11 is 12.4. The van der Waals surface area contributed by atoms with Gasteiger partial charge in [0.2, 0.25) is 5.78 Å². The van der Waals surface area contributed by atoms with Gasteiger partial charge in [0.1, 0.15) is 0 Å². The van der Waals surface area contributed by atoms with Gasteiger partial charge in [-0.25, -0.2) is 0 Å². The number of piperidine rings is 1. The maximum absolute atomic E-state index is 13.2. The molecule has 1 unspecified atom stereocenters. The van der Waals surface area contributed by atoms with Crippen molar-refractivity contribution in [2.24, 2.45) is 0 Å². The van der Waals surface area contributed by atoms with Crippen molar-refractivity contribution in [1.82, 2.24) is 4.90 Å². The average Bonchev–Trinajstić information content (AvgIpc) is 2.87. The van der Waals surface area contributed by atoms with E-state index in [1.807, 2.05) is 66.7 Å². The van der Waals surface area contributed by atoms with Gasteiger partial charge in [-0.15, -0.1) is 0 Å². The number of ketones is 1. The number of hydrogen-bond donors (Lipinski definition) is 1. The highest BCUT2D eigenvalue weighted by atomic mass is 35.5. The molecule has 1 N–H and O–H groups in total. The van der Waals surface area contributed by atoms with Crippen LogP contribution in [0.25, 0.3) is 0 Å². The second-order valence-electron chi connectivity index (χ2n) is 8.73. The van der Waals surface area contributed by atoms with Crippen LogP contribution in [0.4, 0.5) is 0 Å². The third-order valence-electron chi connectivity index (χ3n) is 6.49. The van der Waals surface area contributed by atoms with E-state index in [1.54, 1.807) is 12.1 Å². The van der Waals surface area contributed by atoms with Gasteiger partial charge in [-0.05, 0) is 67.1 Å². The van der Waals surface area contributed by atoms with Crippen molar-refractivity contribution in [3.8, 4) is 11.8 Å². The summed E-state index contributed by atoms with van der Waals surface area (Å²) in [6, 6.07) is 24.7. The Morgan fingerprint density at radius 3 is 2.24 bits per heavy atom. The molecule has 0 aliphatic carbocycles. The SMILES string of the molecule is O=C(C#Cc1ccccc1)C(CCN1CCC(O)(c2ccccc2)CC1)c1ccc(Cl)c(Cl)c1. The Labute approximate surface area is 211 Å². The third-order valence-corrected chi connectivity index (χ3v) is 7.23. The first-order valence-corrected chi connectivity index (χ1v) is 12.3. The maximum Gasteiger partial charge on any atom is 0.213 e. The van der Waals surface area contributed by atoms with Crippen LogP contribution in [0.1, 0.15) is 41.9 Å². The van der Waals surface area contributed by atoms with Gasteiger partial charge in [-0.3, -0.25) is 4.79 Å². The minimum absolute atomic E-state index is 0.139. The van der Waals surface area contributed by atoms with E-state index in [1.165, 1.54) is 0 Å². The fourth-order valence-electron chi connectivity index (χ4n) is 4.42. The molecule has 3 aromatic rings. The number of nitrogens with zero attached hydrogens (tertiary/aromatic N) is 1. The molecule has 3 nitrogen and oxygen atoms in total. The minimum Gasteiger partial charge on any atom is -0.385 e. The summed E-state index contributed by atoms with van der Waals surface area (Å²) in [5.74, 6) is 5.27. The molecule has 1 aliphatic rings. The summed E-state index contributed by atoms with van der Waals surface area (Å²) in [4.78, 5) is 15.5. The Hall–Kier alpha value is -2.61. The van der Waals surface area contributed by atoms with Crippen LogP contribution in [0, 0.1) is 11.8 Å². The van der Waals surface area contributed by atoms with Crippen molar-refractivity contribution in [3.63, 3.8) is 0 Å². The van der Waals surface area contributed by atoms with Crippen molar-refractivity contribution >= 4 is 29.0 Å². The Morgan fingerprint density at radius 1 is 0.941 bits per heavy atom. The molecule has 0 radical (unpaired) electrons. The molecule has 1 heterocycles. The number of halogens is 2. The van der Waals surface area contributed by atoms with E-state index >= 15 is 0 Å². The summed E-state index contributed by atoms with van der Waals surface area (Å²) in [5, 5.41) is 12.0. The molecule has 4 rings (SSSR count). The van der Waals surface area contributed by atoms with Crippen LogP contribution >= 0.6 is 23.2 Å². The highest BCUT2D eigenvalue weighted by Crippen LogP contribution is 2.34. The quantitative estimate of drug-likeness (QED) is 0.425. The second-order valence-corrected chi connectivity index (χ2v) is 9.55. The van der Waals surface area contributed by atoms with Gasteiger partial charge in [0.25, 0.3) is 0 Å². The average molecular weight is 492 g/mol. The number of likely N-dealkylation sites (tertiary alicyclic amines) is 1. The number of hydrogen-bond acceptors (Lipinski definition) is 3. The molecule has 34 heavy (non-hydrogen) atoms.